The highest BCUT2D eigenvalue weighted by atomic mass is 32.2. The lowest BCUT2D eigenvalue weighted by molar-refractivity contribution is 0.317. The summed E-state index contributed by atoms with van der Waals surface area (Å²) >= 11 is 0. The van der Waals surface area contributed by atoms with Gasteiger partial charge in [-0.3, -0.25) is 0 Å². The fourth-order valence-corrected chi connectivity index (χ4v) is 3.89. The molecule has 2 aromatic rings. The van der Waals surface area contributed by atoms with Gasteiger partial charge >= 0.3 is 0 Å². The van der Waals surface area contributed by atoms with E-state index >= 15 is 0 Å². The molecule has 0 amide bonds. The van der Waals surface area contributed by atoms with E-state index in [2.05, 4.69) is 0 Å². The standard InChI is InChI=1S/C16H16O5S/c1-3-20-13-7-15-9(5-11(13)17)10-6-12(18)14(21-4-2)8-16(10)22(15)19/h5-8,17-18H,3-4H2,1-2H3. The van der Waals surface area contributed by atoms with Crippen molar-refractivity contribution in [1.29, 1.82) is 0 Å². The van der Waals surface area contributed by atoms with Gasteiger partial charge in [-0.25, -0.2) is 4.21 Å². The molecule has 0 spiro atoms. The van der Waals surface area contributed by atoms with Gasteiger partial charge in [0, 0.05) is 23.3 Å². The van der Waals surface area contributed by atoms with Crippen LogP contribution < -0.4 is 9.47 Å². The number of aromatic hydroxyl groups is 2. The predicted octanol–water partition coefficient (Wildman–Crippen LogP) is 3.04. The van der Waals surface area contributed by atoms with Crippen LogP contribution in [0.4, 0.5) is 0 Å². The summed E-state index contributed by atoms with van der Waals surface area (Å²) < 4.78 is 23.3. The second-order valence-corrected chi connectivity index (χ2v) is 6.18. The Morgan fingerprint density at radius 1 is 0.864 bits per heavy atom. The van der Waals surface area contributed by atoms with E-state index in [0.29, 0.717) is 45.6 Å². The molecule has 0 aromatic heterocycles. The van der Waals surface area contributed by atoms with Gasteiger partial charge < -0.3 is 19.7 Å². The van der Waals surface area contributed by atoms with Gasteiger partial charge in [0.1, 0.15) is 0 Å². The van der Waals surface area contributed by atoms with Gasteiger partial charge in [-0.05, 0) is 26.0 Å². The molecule has 22 heavy (non-hydrogen) atoms. The molecule has 1 aliphatic rings. The first-order chi connectivity index (χ1) is 10.6. The number of phenols is 2. The van der Waals surface area contributed by atoms with E-state index in [0.717, 1.165) is 0 Å². The third kappa shape index (κ3) is 2.20. The summed E-state index contributed by atoms with van der Waals surface area (Å²) in [6.45, 7) is 4.43. The van der Waals surface area contributed by atoms with E-state index in [9.17, 15) is 14.4 Å². The average Bonchev–Trinajstić information content (AvgIpc) is 2.73. The van der Waals surface area contributed by atoms with Crippen molar-refractivity contribution in [2.75, 3.05) is 13.2 Å². The van der Waals surface area contributed by atoms with Crippen LogP contribution in [0.5, 0.6) is 23.0 Å². The van der Waals surface area contributed by atoms with Crippen molar-refractivity contribution in [3.05, 3.63) is 24.3 Å². The van der Waals surface area contributed by atoms with E-state index < -0.39 is 10.8 Å². The Kier molecular flexibility index (Phi) is 3.70. The zero-order valence-electron chi connectivity index (χ0n) is 12.3. The third-order valence-corrected chi connectivity index (χ3v) is 4.89. The van der Waals surface area contributed by atoms with Gasteiger partial charge in [0.25, 0.3) is 0 Å². The number of rotatable bonds is 4. The summed E-state index contributed by atoms with van der Waals surface area (Å²) in [6.07, 6.45) is 0. The van der Waals surface area contributed by atoms with Crippen LogP contribution in [0.25, 0.3) is 11.1 Å². The van der Waals surface area contributed by atoms with Crippen molar-refractivity contribution in [1.82, 2.24) is 0 Å². The summed E-state index contributed by atoms with van der Waals surface area (Å²) in [5.41, 5.74) is 1.26. The second-order valence-electron chi connectivity index (χ2n) is 4.77. The van der Waals surface area contributed by atoms with Gasteiger partial charge in [0.05, 0.1) is 33.8 Å². The summed E-state index contributed by atoms with van der Waals surface area (Å²) in [5.74, 6) is 0.575. The zero-order chi connectivity index (χ0) is 15.9. The number of hydrogen-bond acceptors (Lipinski definition) is 5. The van der Waals surface area contributed by atoms with Gasteiger partial charge in [0.2, 0.25) is 0 Å². The number of hydrogen-bond donors (Lipinski definition) is 2. The maximum Gasteiger partial charge on any atom is 0.162 e. The topological polar surface area (TPSA) is 76.0 Å². The minimum atomic E-state index is -1.40. The molecule has 1 aliphatic heterocycles. The van der Waals surface area contributed by atoms with Crippen molar-refractivity contribution < 1.29 is 23.9 Å². The molecule has 5 nitrogen and oxygen atoms in total. The second kappa shape index (κ2) is 5.53. The predicted molar refractivity (Wildman–Crippen MR) is 82.2 cm³/mol. The molecule has 2 aromatic carbocycles. The lowest BCUT2D eigenvalue weighted by Crippen LogP contribution is -1.94. The van der Waals surface area contributed by atoms with E-state index in [4.69, 9.17) is 9.47 Å². The quantitative estimate of drug-likeness (QED) is 0.773. The average molecular weight is 320 g/mol. The SMILES string of the molecule is CCOc1cc2c(cc1O)-c1cc(O)c(OCC)cc1S2=O. The Hall–Kier alpha value is -2.21. The highest BCUT2D eigenvalue weighted by molar-refractivity contribution is 7.85. The van der Waals surface area contributed by atoms with E-state index in [1.165, 1.54) is 12.1 Å². The highest BCUT2D eigenvalue weighted by Crippen LogP contribution is 2.48. The molecule has 0 aliphatic carbocycles. The van der Waals surface area contributed by atoms with Gasteiger partial charge in [0.15, 0.2) is 23.0 Å². The highest BCUT2D eigenvalue weighted by Gasteiger charge is 2.29. The monoisotopic (exact) mass is 320 g/mol. The van der Waals surface area contributed by atoms with Crippen molar-refractivity contribution in [2.45, 2.75) is 23.6 Å². The van der Waals surface area contributed by atoms with Crippen LogP contribution in [0.1, 0.15) is 13.8 Å². The Labute approximate surface area is 130 Å². The van der Waals surface area contributed by atoms with E-state index in [-0.39, 0.29) is 11.5 Å². The Morgan fingerprint density at radius 3 is 1.64 bits per heavy atom. The van der Waals surface area contributed by atoms with Crippen molar-refractivity contribution in [3.8, 4) is 34.1 Å². The molecule has 3 rings (SSSR count). The van der Waals surface area contributed by atoms with Crippen molar-refractivity contribution >= 4 is 10.8 Å². The normalized spacial score (nSPS) is 12.8. The molecule has 0 unspecified atom stereocenters. The van der Waals surface area contributed by atoms with Crippen LogP contribution in [-0.2, 0) is 10.8 Å². The molecule has 2 N–H and O–H groups in total. The maximum atomic E-state index is 12.7. The smallest absolute Gasteiger partial charge is 0.162 e. The van der Waals surface area contributed by atoms with Gasteiger partial charge in [-0.1, -0.05) is 0 Å². The molecule has 0 saturated heterocycles. The summed E-state index contributed by atoms with van der Waals surface area (Å²) in [7, 11) is -1.40. The molecule has 0 bridgehead atoms. The van der Waals surface area contributed by atoms with Crippen molar-refractivity contribution in [2.24, 2.45) is 0 Å². The number of fused-ring (bicyclic) bond motifs is 3. The first-order valence-corrected chi connectivity index (χ1v) is 8.13. The van der Waals surface area contributed by atoms with E-state index in [1.54, 1.807) is 12.1 Å². The Morgan fingerprint density at radius 2 is 1.27 bits per heavy atom. The Bertz CT molecular complexity index is 706. The fourth-order valence-electron chi connectivity index (χ4n) is 2.49. The van der Waals surface area contributed by atoms with Crippen LogP contribution in [0.3, 0.4) is 0 Å². The van der Waals surface area contributed by atoms with Gasteiger partial charge in [-0.15, -0.1) is 0 Å². The summed E-state index contributed by atoms with van der Waals surface area (Å²) in [6, 6.07) is 6.21. The minimum absolute atomic E-state index is 0.0150. The lowest BCUT2D eigenvalue weighted by Gasteiger charge is -2.09. The number of benzene rings is 2. The fraction of sp³-hybridized carbons (Fsp3) is 0.250. The molecule has 116 valence electrons. The van der Waals surface area contributed by atoms with Crippen molar-refractivity contribution in [3.63, 3.8) is 0 Å². The van der Waals surface area contributed by atoms with Gasteiger partial charge in [-0.2, -0.15) is 0 Å². The minimum Gasteiger partial charge on any atom is -0.504 e. The molecular weight excluding hydrogens is 304 g/mol. The molecule has 0 fully saturated rings. The largest absolute Gasteiger partial charge is 0.504 e. The maximum absolute atomic E-state index is 12.7. The number of ether oxygens (including phenoxy) is 2. The summed E-state index contributed by atoms with van der Waals surface area (Å²) in [4.78, 5) is 1.12. The molecule has 6 heteroatoms. The first-order valence-electron chi connectivity index (χ1n) is 6.98. The molecule has 1 heterocycles. The third-order valence-electron chi connectivity index (χ3n) is 3.41. The summed E-state index contributed by atoms with van der Waals surface area (Å²) in [5, 5.41) is 20.0. The van der Waals surface area contributed by atoms with Crippen LogP contribution in [-0.4, -0.2) is 27.6 Å². The first kappa shape index (κ1) is 14.7. The zero-order valence-corrected chi connectivity index (χ0v) is 13.1. The molecule has 0 radical (unpaired) electrons. The molecule has 0 saturated carbocycles. The lowest BCUT2D eigenvalue weighted by atomic mass is 10.0. The van der Waals surface area contributed by atoms with Crippen LogP contribution in [0, 0.1) is 0 Å². The molecule has 0 atom stereocenters. The molecular formula is C16H16O5S. The van der Waals surface area contributed by atoms with Crippen LogP contribution in [0.2, 0.25) is 0 Å². The van der Waals surface area contributed by atoms with Crippen LogP contribution >= 0.6 is 0 Å². The van der Waals surface area contributed by atoms with E-state index in [1.807, 2.05) is 13.8 Å². The number of phenolic OH excluding ortho intramolecular Hbond substituents is 2. The Balaban J connectivity index is 2.16. The van der Waals surface area contributed by atoms with Crippen LogP contribution in [0.15, 0.2) is 34.1 Å².